The van der Waals surface area contributed by atoms with E-state index in [2.05, 4.69) is 0 Å². The highest BCUT2D eigenvalue weighted by Crippen LogP contribution is 2.34. The summed E-state index contributed by atoms with van der Waals surface area (Å²) in [6.45, 7) is 2.64. The van der Waals surface area contributed by atoms with Gasteiger partial charge in [-0.25, -0.2) is 0 Å². The van der Waals surface area contributed by atoms with E-state index in [4.69, 9.17) is 4.74 Å². The molecule has 1 atom stereocenters. The Morgan fingerprint density at radius 2 is 1.77 bits per heavy atom. The van der Waals surface area contributed by atoms with Gasteiger partial charge in [-0.05, 0) is 54.7 Å². The van der Waals surface area contributed by atoms with Crippen molar-refractivity contribution < 1.29 is 9.53 Å². The summed E-state index contributed by atoms with van der Waals surface area (Å²) in [5, 5.41) is 0. The first-order chi connectivity index (χ1) is 10.8. The van der Waals surface area contributed by atoms with E-state index in [1.165, 1.54) is 0 Å². The molecule has 1 aliphatic rings. The zero-order valence-corrected chi connectivity index (χ0v) is 12.8. The van der Waals surface area contributed by atoms with Gasteiger partial charge in [0.15, 0.2) is 5.78 Å². The van der Waals surface area contributed by atoms with Gasteiger partial charge >= 0.3 is 0 Å². The van der Waals surface area contributed by atoms with Crippen molar-refractivity contribution in [1.82, 2.24) is 0 Å². The zero-order chi connectivity index (χ0) is 15.4. The zero-order valence-electron chi connectivity index (χ0n) is 12.8. The van der Waals surface area contributed by atoms with Gasteiger partial charge in [0.2, 0.25) is 0 Å². The predicted molar refractivity (Wildman–Crippen MR) is 89.0 cm³/mol. The van der Waals surface area contributed by atoms with Crippen LogP contribution in [-0.4, -0.2) is 12.4 Å². The molecule has 0 heterocycles. The number of carbonyl (C=O) groups excluding carboxylic acids is 1. The Balaban J connectivity index is 1.78. The molecule has 0 saturated heterocycles. The molecule has 0 radical (unpaired) electrons. The highest BCUT2D eigenvalue weighted by molar-refractivity contribution is 6.02. The second-order valence-electron chi connectivity index (χ2n) is 5.53. The molecule has 2 aromatic carbocycles. The van der Waals surface area contributed by atoms with Crippen LogP contribution in [0.15, 0.2) is 60.7 Å². The van der Waals surface area contributed by atoms with Gasteiger partial charge in [-0.15, -0.1) is 0 Å². The fourth-order valence-electron chi connectivity index (χ4n) is 2.96. The number of hydrogen-bond acceptors (Lipinski definition) is 2. The Morgan fingerprint density at radius 1 is 1.05 bits per heavy atom. The third-order valence-electron chi connectivity index (χ3n) is 4.10. The first-order valence-electron chi connectivity index (χ1n) is 7.80. The third-order valence-corrected chi connectivity index (χ3v) is 4.10. The second-order valence-corrected chi connectivity index (χ2v) is 5.53. The fraction of sp³-hybridized carbons (Fsp3) is 0.250. The highest BCUT2D eigenvalue weighted by atomic mass is 16.5. The Labute approximate surface area is 131 Å². The maximum absolute atomic E-state index is 12.4. The van der Waals surface area contributed by atoms with Crippen molar-refractivity contribution in [2.75, 3.05) is 6.61 Å². The minimum absolute atomic E-state index is 0.00708. The Morgan fingerprint density at radius 3 is 2.41 bits per heavy atom. The molecule has 0 fully saturated rings. The molecule has 2 heteroatoms. The number of ether oxygens (including phenoxy) is 1. The molecule has 3 rings (SSSR count). The minimum atomic E-state index is 0.00708. The van der Waals surface area contributed by atoms with Gasteiger partial charge < -0.3 is 4.74 Å². The number of allylic oxidation sites excluding steroid dienone is 2. The van der Waals surface area contributed by atoms with Crippen LogP contribution in [-0.2, 0) is 4.79 Å². The van der Waals surface area contributed by atoms with Gasteiger partial charge in [0.25, 0.3) is 0 Å². The fourth-order valence-corrected chi connectivity index (χ4v) is 2.96. The molecule has 22 heavy (non-hydrogen) atoms. The van der Waals surface area contributed by atoms with Crippen molar-refractivity contribution in [2.24, 2.45) is 0 Å². The van der Waals surface area contributed by atoms with Crippen LogP contribution in [0, 0.1) is 0 Å². The Bertz CT molecular complexity index is 669. The molecule has 112 valence electrons. The number of benzene rings is 2. The highest BCUT2D eigenvalue weighted by Gasteiger charge is 2.24. The van der Waals surface area contributed by atoms with Gasteiger partial charge in [0, 0.05) is 5.92 Å². The molecule has 0 aromatic heterocycles. The summed E-state index contributed by atoms with van der Waals surface area (Å²) in [5.41, 5.74) is 3.36. The van der Waals surface area contributed by atoms with Crippen molar-refractivity contribution >= 4 is 11.4 Å². The molecule has 0 amide bonds. The van der Waals surface area contributed by atoms with Crippen LogP contribution in [0.1, 0.15) is 36.8 Å². The van der Waals surface area contributed by atoms with Gasteiger partial charge in [-0.2, -0.15) is 0 Å². The van der Waals surface area contributed by atoms with Gasteiger partial charge in [0.1, 0.15) is 5.75 Å². The van der Waals surface area contributed by atoms with Crippen molar-refractivity contribution in [2.45, 2.75) is 25.7 Å². The Hall–Kier alpha value is -2.35. The van der Waals surface area contributed by atoms with Crippen LogP contribution < -0.4 is 4.74 Å². The summed E-state index contributed by atoms with van der Waals surface area (Å²) in [4.78, 5) is 12.4. The summed E-state index contributed by atoms with van der Waals surface area (Å²) < 4.78 is 5.46. The molecule has 0 unspecified atom stereocenters. The number of rotatable bonds is 4. The van der Waals surface area contributed by atoms with Gasteiger partial charge in [-0.3, -0.25) is 4.79 Å². The van der Waals surface area contributed by atoms with Crippen LogP contribution in [0.5, 0.6) is 5.75 Å². The van der Waals surface area contributed by atoms with E-state index >= 15 is 0 Å². The number of ketones is 1. The van der Waals surface area contributed by atoms with Crippen molar-refractivity contribution in [3.8, 4) is 5.75 Å². The van der Waals surface area contributed by atoms with Crippen LogP contribution >= 0.6 is 0 Å². The molecule has 0 aliphatic heterocycles. The quantitative estimate of drug-likeness (QED) is 0.822. The summed E-state index contributed by atoms with van der Waals surface area (Å²) in [7, 11) is 0. The lowest BCUT2D eigenvalue weighted by Crippen LogP contribution is -2.15. The molecule has 0 bridgehead atoms. The summed E-state index contributed by atoms with van der Waals surface area (Å²) in [6, 6.07) is 18.1. The van der Waals surface area contributed by atoms with E-state index in [0.717, 1.165) is 35.3 Å². The lowest BCUT2D eigenvalue weighted by atomic mass is 9.82. The molecule has 2 aromatic rings. The standard InChI is InChI=1S/C20H20O2/c1-2-22-18-11-8-15(9-12-18)17-10-13-19(20(21)14-17)16-6-4-3-5-7-16/h3-9,11-12,14,19H,2,10,13H2,1H3/t19-/m0/s1. The lowest BCUT2D eigenvalue weighted by Gasteiger charge is -2.21. The van der Waals surface area contributed by atoms with Crippen molar-refractivity contribution in [3.05, 3.63) is 71.8 Å². The van der Waals surface area contributed by atoms with Crippen LogP contribution in [0.4, 0.5) is 0 Å². The van der Waals surface area contributed by atoms with Crippen LogP contribution in [0.3, 0.4) is 0 Å². The Kier molecular flexibility index (Phi) is 4.38. The largest absolute Gasteiger partial charge is 0.494 e. The second kappa shape index (κ2) is 6.61. The van der Waals surface area contributed by atoms with Gasteiger partial charge in [0.05, 0.1) is 6.61 Å². The van der Waals surface area contributed by atoms with E-state index in [1.807, 2.05) is 67.6 Å². The normalized spacial score (nSPS) is 18.0. The molecule has 0 spiro atoms. The molecule has 1 aliphatic carbocycles. The van der Waals surface area contributed by atoms with Gasteiger partial charge in [-0.1, -0.05) is 42.5 Å². The smallest absolute Gasteiger partial charge is 0.163 e. The SMILES string of the molecule is CCOc1ccc(C2=CC(=O)[C@H](c3ccccc3)CC2)cc1. The number of hydrogen-bond donors (Lipinski definition) is 0. The maximum atomic E-state index is 12.4. The summed E-state index contributed by atoms with van der Waals surface area (Å²) >= 11 is 0. The molecule has 0 saturated carbocycles. The average molecular weight is 292 g/mol. The van der Waals surface area contributed by atoms with E-state index in [0.29, 0.717) is 6.61 Å². The predicted octanol–water partition coefficient (Wildman–Crippen LogP) is 4.62. The lowest BCUT2D eigenvalue weighted by molar-refractivity contribution is -0.116. The van der Waals surface area contributed by atoms with E-state index < -0.39 is 0 Å². The summed E-state index contributed by atoms with van der Waals surface area (Å²) in [5.74, 6) is 1.09. The molecular weight excluding hydrogens is 272 g/mol. The first-order valence-corrected chi connectivity index (χ1v) is 7.80. The van der Waals surface area contributed by atoms with Crippen LogP contribution in [0.25, 0.3) is 5.57 Å². The minimum Gasteiger partial charge on any atom is -0.494 e. The summed E-state index contributed by atoms with van der Waals surface area (Å²) in [6.07, 6.45) is 3.62. The molecule has 2 nitrogen and oxygen atoms in total. The van der Waals surface area contributed by atoms with E-state index in [-0.39, 0.29) is 11.7 Å². The maximum Gasteiger partial charge on any atom is 0.163 e. The molecule has 0 N–H and O–H groups in total. The first kappa shape index (κ1) is 14.6. The average Bonchev–Trinajstić information content (AvgIpc) is 2.56. The topological polar surface area (TPSA) is 26.3 Å². The van der Waals surface area contributed by atoms with Crippen LogP contribution in [0.2, 0.25) is 0 Å². The number of carbonyl (C=O) groups is 1. The third kappa shape index (κ3) is 3.11. The van der Waals surface area contributed by atoms with Crippen molar-refractivity contribution in [1.29, 1.82) is 0 Å². The molecular formula is C20H20O2. The van der Waals surface area contributed by atoms with Crippen molar-refractivity contribution in [3.63, 3.8) is 0 Å². The monoisotopic (exact) mass is 292 g/mol. The van der Waals surface area contributed by atoms with E-state index in [9.17, 15) is 4.79 Å². The van der Waals surface area contributed by atoms with E-state index in [1.54, 1.807) is 0 Å².